The van der Waals surface area contributed by atoms with Crippen molar-refractivity contribution in [1.29, 1.82) is 0 Å². The van der Waals surface area contributed by atoms with Crippen LogP contribution in [0.25, 0.3) is 6.08 Å². The number of alkyl halides is 1. The summed E-state index contributed by atoms with van der Waals surface area (Å²) in [7, 11) is 0. The summed E-state index contributed by atoms with van der Waals surface area (Å²) in [6, 6.07) is 5.53. The van der Waals surface area contributed by atoms with Crippen LogP contribution in [0, 0.1) is 3.57 Å². The number of Topliss-reactive ketones (excluding diaryl/α,β-unsaturated/α-hetero) is 1. The summed E-state index contributed by atoms with van der Waals surface area (Å²) in [5.41, 5.74) is 1.51. The van der Waals surface area contributed by atoms with Crippen molar-refractivity contribution in [3.63, 3.8) is 0 Å². The van der Waals surface area contributed by atoms with E-state index in [1.54, 1.807) is 6.07 Å². The smallest absolute Gasteiger partial charge is 0.328 e. The Bertz CT molecular complexity index is 483. The minimum atomic E-state index is -1.01. The Morgan fingerprint density at radius 1 is 1.47 bits per heavy atom. The van der Waals surface area contributed by atoms with Crippen molar-refractivity contribution >= 4 is 56.3 Å². The third kappa shape index (κ3) is 4.23. The molecule has 0 saturated heterocycles. The van der Waals surface area contributed by atoms with E-state index in [1.165, 1.54) is 13.0 Å². The Hall–Kier alpha value is -0.690. The fraction of sp³-hybridized carbons (Fsp3) is 0.167. The first kappa shape index (κ1) is 14.4. The van der Waals surface area contributed by atoms with E-state index < -0.39 is 10.8 Å². The van der Waals surface area contributed by atoms with E-state index in [9.17, 15) is 9.59 Å². The predicted octanol–water partition coefficient (Wildman–Crippen LogP) is 3.41. The van der Waals surface area contributed by atoms with Crippen molar-refractivity contribution in [2.45, 2.75) is 11.8 Å². The molecule has 0 aliphatic carbocycles. The van der Waals surface area contributed by atoms with Gasteiger partial charge in [0, 0.05) is 9.65 Å². The summed E-state index contributed by atoms with van der Waals surface area (Å²) in [6.45, 7) is 1.49. The maximum absolute atomic E-state index is 11.4. The van der Waals surface area contributed by atoms with Crippen LogP contribution in [0.3, 0.4) is 0 Å². The van der Waals surface area contributed by atoms with Crippen molar-refractivity contribution in [2.24, 2.45) is 0 Å². The molecule has 0 saturated carbocycles. The molecule has 1 atom stereocenters. The molecule has 0 amide bonds. The van der Waals surface area contributed by atoms with Crippen molar-refractivity contribution in [3.05, 3.63) is 39.0 Å². The molecule has 90 valence electrons. The number of carboxylic acid groups (broad SMARTS) is 1. The molecule has 17 heavy (non-hydrogen) atoms. The summed E-state index contributed by atoms with van der Waals surface area (Å²) >= 11 is 5.46. The molecule has 1 unspecified atom stereocenters. The van der Waals surface area contributed by atoms with Crippen molar-refractivity contribution in [1.82, 2.24) is 0 Å². The Morgan fingerprint density at radius 2 is 2.12 bits per heavy atom. The zero-order chi connectivity index (χ0) is 13.0. The molecule has 0 spiro atoms. The molecular weight excluding hydrogens is 399 g/mol. The largest absolute Gasteiger partial charge is 0.478 e. The summed E-state index contributed by atoms with van der Waals surface area (Å²) in [5, 5.41) is 8.60. The maximum Gasteiger partial charge on any atom is 0.328 e. The first-order chi connectivity index (χ1) is 7.91. The maximum atomic E-state index is 11.4. The normalized spacial score (nSPS) is 12.6. The number of benzene rings is 1. The average molecular weight is 409 g/mol. The molecule has 1 aromatic carbocycles. The Morgan fingerprint density at radius 3 is 2.65 bits per heavy atom. The molecule has 0 aliphatic heterocycles. The van der Waals surface area contributed by atoms with Crippen LogP contribution in [0.15, 0.2) is 24.3 Å². The number of carbonyl (C=O) groups is 2. The van der Waals surface area contributed by atoms with Gasteiger partial charge >= 0.3 is 5.97 Å². The van der Waals surface area contributed by atoms with Gasteiger partial charge in [-0.1, -0.05) is 22.0 Å². The predicted molar refractivity (Wildman–Crippen MR) is 78.2 cm³/mol. The molecule has 1 rings (SSSR count). The molecule has 0 fully saturated rings. The summed E-state index contributed by atoms with van der Waals surface area (Å²) in [4.78, 5) is 21.4. The van der Waals surface area contributed by atoms with Gasteiger partial charge in [-0.15, -0.1) is 0 Å². The van der Waals surface area contributed by atoms with Crippen LogP contribution in [0.4, 0.5) is 0 Å². The van der Waals surface area contributed by atoms with Crippen LogP contribution in [-0.4, -0.2) is 16.9 Å². The third-order valence-corrected chi connectivity index (χ3v) is 3.89. The minimum absolute atomic E-state index is 0.0167. The van der Waals surface area contributed by atoms with E-state index in [0.717, 1.165) is 20.8 Å². The van der Waals surface area contributed by atoms with Gasteiger partial charge < -0.3 is 5.11 Å². The molecule has 0 aliphatic rings. The quantitative estimate of drug-likeness (QED) is 0.471. The summed E-state index contributed by atoms with van der Waals surface area (Å²) in [6.07, 6.45) is 2.55. The van der Waals surface area contributed by atoms with Crippen LogP contribution in [0.1, 0.15) is 22.9 Å². The van der Waals surface area contributed by atoms with Gasteiger partial charge in [0.1, 0.15) is 5.78 Å². The molecule has 1 N–H and O–H groups in total. The van der Waals surface area contributed by atoms with Gasteiger partial charge in [0.2, 0.25) is 0 Å². The lowest BCUT2D eigenvalue weighted by molar-refractivity contribution is -0.131. The lowest BCUT2D eigenvalue weighted by atomic mass is 10.0. The number of ketones is 1. The van der Waals surface area contributed by atoms with Gasteiger partial charge in [0.05, 0.1) is 4.83 Å². The molecule has 0 radical (unpaired) electrons. The van der Waals surface area contributed by atoms with Crippen LogP contribution >= 0.6 is 38.5 Å². The number of carbonyl (C=O) groups excluding carboxylic acids is 1. The molecule has 3 nitrogen and oxygen atoms in total. The Balaban J connectivity index is 3.21. The standard InChI is InChI=1S/C12H10BrIO3/c1-7(15)12(13)10-6-9(14)4-2-8(10)3-5-11(16)17/h2-6,12H,1H3,(H,16,17). The highest BCUT2D eigenvalue weighted by molar-refractivity contribution is 14.1. The van der Waals surface area contributed by atoms with E-state index in [1.807, 2.05) is 12.1 Å². The number of hydrogen-bond acceptors (Lipinski definition) is 2. The molecule has 0 bridgehead atoms. The van der Waals surface area contributed by atoms with Gasteiger partial charge in [0.15, 0.2) is 0 Å². The van der Waals surface area contributed by atoms with E-state index in [-0.39, 0.29) is 5.78 Å². The molecule has 1 aromatic rings. The molecular formula is C12H10BrIO3. The van der Waals surface area contributed by atoms with Gasteiger partial charge in [-0.2, -0.15) is 0 Å². The molecule has 5 heteroatoms. The Kier molecular flexibility index (Phi) is 5.32. The first-order valence-electron chi connectivity index (χ1n) is 4.77. The second-order valence-electron chi connectivity index (χ2n) is 3.42. The van der Waals surface area contributed by atoms with E-state index >= 15 is 0 Å². The minimum Gasteiger partial charge on any atom is -0.478 e. The number of rotatable bonds is 4. The van der Waals surface area contributed by atoms with E-state index in [4.69, 9.17) is 5.11 Å². The van der Waals surface area contributed by atoms with Crippen molar-refractivity contribution in [3.8, 4) is 0 Å². The summed E-state index contributed by atoms with van der Waals surface area (Å²) < 4.78 is 0.996. The zero-order valence-electron chi connectivity index (χ0n) is 8.98. The highest BCUT2D eigenvalue weighted by Gasteiger charge is 2.15. The topological polar surface area (TPSA) is 54.4 Å². The van der Waals surface area contributed by atoms with Gasteiger partial charge in [-0.25, -0.2) is 4.79 Å². The number of carboxylic acids is 1. The first-order valence-corrected chi connectivity index (χ1v) is 6.76. The van der Waals surface area contributed by atoms with Crippen LogP contribution in [0.2, 0.25) is 0 Å². The SMILES string of the molecule is CC(=O)C(Br)c1cc(I)ccc1C=CC(=O)O. The number of halogens is 2. The van der Waals surface area contributed by atoms with E-state index in [2.05, 4.69) is 38.5 Å². The van der Waals surface area contributed by atoms with Crippen LogP contribution in [-0.2, 0) is 9.59 Å². The second kappa shape index (κ2) is 6.30. The van der Waals surface area contributed by atoms with Crippen LogP contribution < -0.4 is 0 Å². The molecule has 0 heterocycles. The molecule has 0 aromatic heterocycles. The van der Waals surface area contributed by atoms with Gasteiger partial charge in [0.25, 0.3) is 0 Å². The van der Waals surface area contributed by atoms with Gasteiger partial charge in [-0.05, 0) is 58.9 Å². The fourth-order valence-electron chi connectivity index (χ4n) is 1.30. The Labute approximate surface area is 121 Å². The zero-order valence-corrected chi connectivity index (χ0v) is 12.7. The van der Waals surface area contributed by atoms with E-state index in [0.29, 0.717) is 0 Å². The number of aliphatic carboxylic acids is 1. The number of hydrogen-bond donors (Lipinski definition) is 1. The summed E-state index contributed by atoms with van der Waals surface area (Å²) in [5.74, 6) is -1.03. The van der Waals surface area contributed by atoms with Crippen LogP contribution in [0.5, 0.6) is 0 Å². The van der Waals surface area contributed by atoms with Gasteiger partial charge in [-0.3, -0.25) is 4.79 Å². The second-order valence-corrected chi connectivity index (χ2v) is 5.58. The lowest BCUT2D eigenvalue weighted by Crippen LogP contribution is -2.03. The third-order valence-electron chi connectivity index (χ3n) is 2.08. The monoisotopic (exact) mass is 408 g/mol. The van der Waals surface area contributed by atoms with Crippen molar-refractivity contribution in [2.75, 3.05) is 0 Å². The average Bonchev–Trinajstić information content (AvgIpc) is 2.26. The fourth-order valence-corrected chi connectivity index (χ4v) is 2.21. The highest BCUT2D eigenvalue weighted by atomic mass is 127. The lowest BCUT2D eigenvalue weighted by Gasteiger charge is -2.10. The highest BCUT2D eigenvalue weighted by Crippen LogP contribution is 2.29. The van der Waals surface area contributed by atoms with Crippen molar-refractivity contribution < 1.29 is 14.7 Å².